The van der Waals surface area contributed by atoms with Gasteiger partial charge >= 0.3 is 11.9 Å². The van der Waals surface area contributed by atoms with Crippen LogP contribution in [0, 0.1) is 0 Å². The zero-order valence-electron chi connectivity index (χ0n) is 21.9. The van der Waals surface area contributed by atoms with Crippen LogP contribution in [-0.4, -0.2) is 39.9 Å². The van der Waals surface area contributed by atoms with Gasteiger partial charge in [-0.05, 0) is 25.1 Å². The zero-order chi connectivity index (χ0) is 27.5. The molecule has 8 nitrogen and oxygen atoms in total. The van der Waals surface area contributed by atoms with Gasteiger partial charge in [-0.1, -0.05) is 54.6 Å². The first-order chi connectivity index (χ1) is 19.0. The fourth-order valence-electron chi connectivity index (χ4n) is 4.53. The Bertz CT molecular complexity index is 1660. The molecule has 5 rings (SSSR count). The minimum absolute atomic E-state index is 0.191. The van der Waals surface area contributed by atoms with Gasteiger partial charge in [-0.25, -0.2) is 9.59 Å². The Kier molecular flexibility index (Phi) is 7.10. The predicted molar refractivity (Wildman–Crippen MR) is 146 cm³/mol. The molecule has 0 saturated carbocycles. The lowest BCUT2D eigenvalue weighted by atomic mass is 10.0. The molecule has 0 amide bonds. The molecule has 0 bridgehead atoms. The number of hydrogen-bond acceptors (Lipinski definition) is 8. The van der Waals surface area contributed by atoms with Crippen molar-refractivity contribution in [2.45, 2.75) is 6.92 Å². The van der Waals surface area contributed by atoms with Gasteiger partial charge in [0, 0.05) is 21.7 Å². The lowest BCUT2D eigenvalue weighted by Crippen LogP contribution is -2.10. The summed E-state index contributed by atoms with van der Waals surface area (Å²) in [5, 5.41) is 1.78. The van der Waals surface area contributed by atoms with Crippen LogP contribution in [0.15, 0.2) is 77.2 Å². The second-order valence-corrected chi connectivity index (χ2v) is 8.49. The van der Waals surface area contributed by atoms with E-state index in [0.717, 1.165) is 5.56 Å². The van der Waals surface area contributed by atoms with Crippen molar-refractivity contribution in [3.05, 3.63) is 83.9 Å². The van der Waals surface area contributed by atoms with E-state index in [9.17, 15) is 9.59 Å². The van der Waals surface area contributed by atoms with Crippen molar-refractivity contribution < 1.29 is 37.7 Å². The maximum atomic E-state index is 13.4. The number of carbonyl (C=O) groups excluding carboxylic acids is 2. The van der Waals surface area contributed by atoms with E-state index in [-0.39, 0.29) is 23.5 Å². The summed E-state index contributed by atoms with van der Waals surface area (Å²) < 4.78 is 33.7. The summed E-state index contributed by atoms with van der Waals surface area (Å²) in [5.41, 5.74) is 1.65. The molecule has 0 aliphatic heterocycles. The van der Waals surface area contributed by atoms with Gasteiger partial charge in [0.1, 0.15) is 22.7 Å². The third-order valence-corrected chi connectivity index (χ3v) is 6.28. The summed E-state index contributed by atoms with van der Waals surface area (Å²) in [6.45, 7) is 1.93. The molecule has 5 aromatic rings. The van der Waals surface area contributed by atoms with Gasteiger partial charge in [0.25, 0.3) is 0 Å². The van der Waals surface area contributed by atoms with Gasteiger partial charge in [-0.15, -0.1) is 0 Å². The van der Waals surface area contributed by atoms with Crippen LogP contribution < -0.4 is 18.9 Å². The maximum Gasteiger partial charge on any atom is 0.343 e. The Morgan fingerprint density at radius 3 is 1.97 bits per heavy atom. The summed E-state index contributed by atoms with van der Waals surface area (Å²) in [6, 6.07) is 21.3. The molecule has 0 unspecified atom stereocenters. The Labute approximate surface area is 224 Å². The molecule has 39 heavy (non-hydrogen) atoms. The number of esters is 2. The van der Waals surface area contributed by atoms with Crippen LogP contribution in [-0.2, 0) is 4.74 Å². The predicted octanol–water partition coefficient (Wildman–Crippen LogP) is 6.67. The number of benzene rings is 4. The molecule has 0 fully saturated rings. The summed E-state index contributed by atoms with van der Waals surface area (Å²) in [4.78, 5) is 26.6. The highest BCUT2D eigenvalue weighted by Crippen LogP contribution is 2.42. The highest BCUT2D eigenvalue weighted by atomic mass is 16.5. The second kappa shape index (κ2) is 10.8. The second-order valence-electron chi connectivity index (χ2n) is 8.49. The van der Waals surface area contributed by atoms with Crippen LogP contribution >= 0.6 is 0 Å². The number of furan rings is 1. The van der Waals surface area contributed by atoms with Gasteiger partial charge in [0.15, 0.2) is 11.5 Å². The van der Waals surface area contributed by atoms with Crippen molar-refractivity contribution in [1.29, 1.82) is 0 Å². The topological polar surface area (TPSA) is 93.4 Å². The first kappa shape index (κ1) is 25.7. The van der Waals surface area contributed by atoms with Crippen molar-refractivity contribution >= 4 is 33.7 Å². The summed E-state index contributed by atoms with van der Waals surface area (Å²) in [6.07, 6.45) is 0. The molecule has 0 aliphatic carbocycles. The summed E-state index contributed by atoms with van der Waals surface area (Å²) in [5.74, 6) is 0.432. The maximum absolute atomic E-state index is 13.4. The number of carbonyl (C=O) groups is 2. The van der Waals surface area contributed by atoms with E-state index >= 15 is 0 Å². The smallest absolute Gasteiger partial charge is 0.343 e. The zero-order valence-corrected chi connectivity index (χ0v) is 21.9. The molecule has 198 valence electrons. The molecule has 1 heterocycles. The average Bonchev–Trinajstić information content (AvgIpc) is 3.36. The number of methoxy groups -OCH3 is 3. The molecule has 0 N–H and O–H groups in total. The van der Waals surface area contributed by atoms with Crippen molar-refractivity contribution in [2.75, 3.05) is 27.9 Å². The number of ether oxygens (including phenoxy) is 5. The van der Waals surface area contributed by atoms with Gasteiger partial charge < -0.3 is 28.1 Å². The first-order valence-electron chi connectivity index (χ1n) is 12.2. The Morgan fingerprint density at radius 2 is 1.36 bits per heavy atom. The largest absolute Gasteiger partial charge is 0.493 e. The molecule has 0 aliphatic rings. The fraction of sp³-hybridized carbons (Fsp3) is 0.161. The number of rotatable bonds is 8. The molecule has 4 aromatic carbocycles. The van der Waals surface area contributed by atoms with Gasteiger partial charge in [0.2, 0.25) is 5.75 Å². The Morgan fingerprint density at radius 1 is 0.718 bits per heavy atom. The van der Waals surface area contributed by atoms with Crippen molar-refractivity contribution in [2.24, 2.45) is 0 Å². The van der Waals surface area contributed by atoms with Crippen LogP contribution in [0.3, 0.4) is 0 Å². The Balaban J connectivity index is 1.69. The van der Waals surface area contributed by atoms with Crippen LogP contribution in [0.5, 0.6) is 23.0 Å². The lowest BCUT2D eigenvalue weighted by Gasteiger charge is -2.14. The molecule has 1 aromatic heterocycles. The fourth-order valence-corrected chi connectivity index (χ4v) is 4.53. The quantitative estimate of drug-likeness (QED) is 0.163. The third-order valence-electron chi connectivity index (χ3n) is 6.28. The number of hydrogen-bond donors (Lipinski definition) is 0. The van der Waals surface area contributed by atoms with E-state index in [1.165, 1.54) is 33.5 Å². The highest BCUT2D eigenvalue weighted by molar-refractivity contribution is 6.17. The molecule has 0 saturated heterocycles. The molecular weight excluding hydrogens is 500 g/mol. The average molecular weight is 527 g/mol. The highest BCUT2D eigenvalue weighted by Gasteiger charge is 2.27. The number of fused-ring (bicyclic) bond motifs is 3. The first-order valence-corrected chi connectivity index (χ1v) is 12.2. The summed E-state index contributed by atoms with van der Waals surface area (Å²) in [7, 11) is 4.41. The SMILES string of the molecule is CCOC(=O)c1c(-c2ccccc2)oc2c1cc(OC(=O)c1cc(OC)c(OC)c(OC)c1)c1ccccc12. The van der Waals surface area contributed by atoms with Gasteiger partial charge in [-0.2, -0.15) is 0 Å². The standard InChI is InChI=1S/C31H26O8/c1-5-37-31(33)26-22-17-23(38-30(32)19-15-24(34-2)29(36-4)25(16-19)35-3)20-13-9-10-14-21(20)28(22)39-27(26)18-11-7-6-8-12-18/h6-17H,5H2,1-4H3. The van der Waals surface area contributed by atoms with E-state index in [1.807, 2.05) is 54.6 Å². The van der Waals surface area contributed by atoms with Crippen molar-refractivity contribution in [1.82, 2.24) is 0 Å². The monoisotopic (exact) mass is 526 g/mol. The van der Waals surface area contributed by atoms with Crippen molar-refractivity contribution in [3.8, 4) is 34.3 Å². The van der Waals surface area contributed by atoms with E-state index in [2.05, 4.69) is 0 Å². The lowest BCUT2D eigenvalue weighted by molar-refractivity contribution is 0.0528. The third kappa shape index (κ3) is 4.61. The summed E-state index contributed by atoms with van der Waals surface area (Å²) >= 11 is 0. The molecule has 0 spiro atoms. The van der Waals surface area contributed by atoms with Crippen LogP contribution in [0.1, 0.15) is 27.6 Å². The van der Waals surface area contributed by atoms with Gasteiger partial charge in [0.05, 0.1) is 33.5 Å². The van der Waals surface area contributed by atoms with Crippen LogP contribution in [0.4, 0.5) is 0 Å². The molecule has 0 radical (unpaired) electrons. The molecular formula is C31H26O8. The minimum Gasteiger partial charge on any atom is -0.493 e. The minimum atomic E-state index is -0.650. The normalized spacial score (nSPS) is 10.9. The van der Waals surface area contributed by atoms with E-state index in [1.54, 1.807) is 13.0 Å². The molecule has 8 heteroatoms. The van der Waals surface area contributed by atoms with Gasteiger partial charge in [-0.3, -0.25) is 0 Å². The van der Waals surface area contributed by atoms with E-state index < -0.39 is 11.9 Å². The van der Waals surface area contributed by atoms with Crippen molar-refractivity contribution in [3.63, 3.8) is 0 Å². The van der Waals surface area contributed by atoms with E-state index in [4.69, 9.17) is 28.1 Å². The molecule has 0 atom stereocenters. The Hall–Kier alpha value is -4.98. The van der Waals surface area contributed by atoms with E-state index in [0.29, 0.717) is 44.8 Å². The van der Waals surface area contributed by atoms with Crippen LogP contribution in [0.25, 0.3) is 33.1 Å². The van der Waals surface area contributed by atoms with Crippen LogP contribution in [0.2, 0.25) is 0 Å².